The summed E-state index contributed by atoms with van der Waals surface area (Å²) in [4.78, 5) is 12.0. The van der Waals surface area contributed by atoms with Gasteiger partial charge in [0.05, 0.1) is 24.1 Å². The summed E-state index contributed by atoms with van der Waals surface area (Å²) in [5.74, 6) is 0.929. The number of aliphatic hydroxyl groups is 1. The largest absolute Gasteiger partial charge is 0.493 e. The fourth-order valence-electron chi connectivity index (χ4n) is 2.00. The van der Waals surface area contributed by atoms with Gasteiger partial charge < -0.3 is 24.6 Å². The second-order valence-corrected chi connectivity index (χ2v) is 7.19. The van der Waals surface area contributed by atoms with Crippen molar-refractivity contribution in [1.82, 2.24) is 5.32 Å². The molecular formula is C16H17Cl2NO5S. The summed E-state index contributed by atoms with van der Waals surface area (Å²) in [5, 5.41) is 12.6. The van der Waals surface area contributed by atoms with E-state index in [2.05, 4.69) is 5.32 Å². The third kappa shape index (κ3) is 5.15. The third-order valence-corrected chi connectivity index (χ3v) is 4.69. The van der Waals surface area contributed by atoms with Gasteiger partial charge in [0.15, 0.2) is 11.5 Å². The molecule has 1 aromatic heterocycles. The maximum absolute atomic E-state index is 12.0. The van der Waals surface area contributed by atoms with Crippen LogP contribution in [0, 0.1) is 0 Å². The van der Waals surface area contributed by atoms with Gasteiger partial charge in [0.2, 0.25) is 5.75 Å². The molecule has 2 aromatic rings. The Labute approximate surface area is 159 Å². The van der Waals surface area contributed by atoms with E-state index < -0.39 is 12.0 Å². The van der Waals surface area contributed by atoms with E-state index in [4.69, 9.17) is 37.4 Å². The van der Waals surface area contributed by atoms with Crippen LogP contribution in [-0.4, -0.2) is 44.5 Å². The lowest BCUT2D eigenvalue weighted by molar-refractivity contribution is 0.0834. The summed E-state index contributed by atoms with van der Waals surface area (Å²) in [7, 11) is 3.02. The van der Waals surface area contributed by atoms with Crippen molar-refractivity contribution in [3.05, 3.63) is 38.5 Å². The summed E-state index contributed by atoms with van der Waals surface area (Å²) in [6.07, 6.45) is -0.938. The van der Waals surface area contributed by atoms with Gasteiger partial charge in [-0.15, -0.1) is 11.3 Å². The van der Waals surface area contributed by atoms with Crippen molar-refractivity contribution >= 4 is 40.4 Å². The van der Waals surface area contributed by atoms with Gasteiger partial charge in [-0.1, -0.05) is 29.3 Å². The van der Waals surface area contributed by atoms with Crippen molar-refractivity contribution in [3.8, 4) is 17.2 Å². The Morgan fingerprint density at radius 2 is 1.92 bits per heavy atom. The average molecular weight is 406 g/mol. The number of thiophene rings is 1. The van der Waals surface area contributed by atoms with Gasteiger partial charge in [0.1, 0.15) is 17.0 Å². The third-order valence-electron chi connectivity index (χ3n) is 3.20. The van der Waals surface area contributed by atoms with E-state index in [-0.39, 0.29) is 18.7 Å². The average Bonchev–Trinajstić information content (AvgIpc) is 2.95. The molecule has 0 aliphatic rings. The molecule has 0 spiro atoms. The zero-order chi connectivity index (χ0) is 18.4. The molecule has 9 heteroatoms. The Balaban J connectivity index is 1.90. The van der Waals surface area contributed by atoms with E-state index >= 15 is 0 Å². The molecule has 1 unspecified atom stereocenters. The second-order valence-electron chi connectivity index (χ2n) is 4.90. The van der Waals surface area contributed by atoms with E-state index in [0.29, 0.717) is 25.9 Å². The highest BCUT2D eigenvalue weighted by Crippen LogP contribution is 2.36. The normalized spacial score (nSPS) is 11.7. The lowest BCUT2D eigenvalue weighted by Gasteiger charge is -2.17. The molecule has 25 heavy (non-hydrogen) atoms. The van der Waals surface area contributed by atoms with Gasteiger partial charge in [-0.2, -0.15) is 0 Å². The van der Waals surface area contributed by atoms with Gasteiger partial charge in [0, 0.05) is 6.54 Å². The molecule has 2 N–H and O–H groups in total. The van der Waals surface area contributed by atoms with Gasteiger partial charge in [-0.3, -0.25) is 4.79 Å². The van der Waals surface area contributed by atoms with Gasteiger partial charge in [-0.25, -0.2) is 0 Å². The zero-order valence-electron chi connectivity index (χ0n) is 13.5. The van der Waals surface area contributed by atoms with Crippen LogP contribution in [0.4, 0.5) is 0 Å². The fraction of sp³-hybridized carbons (Fsp3) is 0.312. The first-order valence-electron chi connectivity index (χ1n) is 7.21. The molecule has 2 rings (SSSR count). The smallest absolute Gasteiger partial charge is 0.253 e. The molecule has 0 fully saturated rings. The standard InChI is InChI=1S/C16H17Cl2NO5S/c1-22-11-4-3-5-12(23-2)14(11)24-8-9(20)7-19-16(21)10-6-13(17)25-15(10)18/h3-6,9,20H,7-8H2,1-2H3,(H,19,21). The van der Waals surface area contributed by atoms with Gasteiger partial charge >= 0.3 is 0 Å². The van der Waals surface area contributed by atoms with E-state index in [1.165, 1.54) is 20.3 Å². The van der Waals surface area contributed by atoms with Crippen LogP contribution in [0.25, 0.3) is 0 Å². The summed E-state index contributed by atoms with van der Waals surface area (Å²) in [5.41, 5.74) is 0.274. The minimum Gasteiger partial charge on any atom is -0.493 e. The van der Waals surface area contributed by atoms with Crippen LogP contribution < -0.4 is 19.5 Å². The zero-order valence-corrected chi connectivity index (χ0v) is 15.9. The number of carbonyl (C=O) groups is 1. The van der Waals surface area contributed by atoms with Crippen LogP contribution in [0.5, 0.6) is 17.2 Å². The molecule has 1 heterocycles. The van der Waals surface area contributed by atoms with Crippen molar-refractivity contribution in [2.75, 3.05) is 27.4 Å². The van der Waals surface area contributed by atoms with Crippen LogP contribution in [0.3, 0.4) is 0 Å². The molecule has 0 radical (unpaired) electrons. The number of para-hydroxylation sites is 1. The van der Waals surface area contributed by atoms with E-state index in [1.54, 1.807) is 18.2 Å². The number of halogens is 2. The number of carbonyl (C=O) groups excluding carboxylic acids is 1. The van der Waals surface area contributed by atoms with Crippen LogP contribution in [0.1, 0.15) is 10.4 Å². The minimum atomic E-state index is -0.938. The monoisotopic (exact) mass is 405 g/mol. The molecule has 1 amide bonds. The van der Waals surface area contributed by atoms with Crippen molar-refractivity contribution in [2.24, 2.45) is 0 Å². The van der Waals surface area contributed by atoms with E-state index in [9.17, 15) is 9.90 Å². The molecule has 0 bridgehead atoms. The highest BCUT2D eigenvalue weighted by atomic mass is 35.5. The summed E-state index contributed by atoms with van der Waals surface area (Å²) in [6.45, 7) is -0.0742. The predicted octanol–water partition coefficient (Wildman–Crippen LogP) is 3.24. The van der Waals surface area contributed by atoms with Crippen molar-refractivity contribution in [3.63, 3.8) is 0 Å². The molecule has 6 nitrogen and oxygen atoms in total. The first-order chi connectivity index (χ1) is 12.0. The highest BCUT2D eigenvalue weighted by molar-refractivity contribution is 7.20. The Morgan fingerprint density at radius 1 is 1.28 bits per heavy atom. The Kier molecular flexibility index (Phi) is 7.19. The van der Waals surface area contributed by atoms with Crippen LogP contribution in [-0.2, 0) is 0 Å². The fourth-order valence-corrected chi connectivity index (χ4v) is 3.46. The van der Waals surface area contributed by atoms with Gasteiger partial charge in [-0.05, 0) is 18.2 Å². The molecule has 0 saturated carbocycles. The predicted molar refractivity (Wildman–Crippen MR) is 97.7 cm³/mol. The quantitative estimate of drug-likeness (QED) is 0.704. The number of benzene rings is 1. The second kappa shape index (κ2) is 9.15. The van der Waals surface area contributed by atoms with Crippen molar-refractivity contribution in [2.45, 2.75) is 6.10 Å². The first-order valence-corrected chi connectivity index (χ1v) is 8.78. The Hall–Kier alpha value is -1.67. The van der Waals surface area contributed by atoms with Gasteiger partial charge in [0.25, 0.3) is 5.91 Å². The summed E-state index contributed by atoms with van der Waals surface area (Å²) >= 11 is 12.8. The summed E-state index contributed by atoms with van der Waals surface area (Å²) in [6, 6.07) is 6.67. The lowest BCUT2D eigenvalue weighted by atomic mass is 10.3. The highest BCUT2D eigenvalue weighted by Gasteiger charge is 2.17. The number of amides is 1. The molecule has 0 aliphatic carbocycles. The first kappa shape index (κ1) is 19.7. The van der Waals surface area contributed by atoms with Crippen molar-refractivity contribution in [1.29, 1.82) is 0 Å². The van der Waals surface area contributed by atoms with Crippen molar-refractivity contribution < 1.29 is 24.1 Å². The number of aliphatic hydroxyl groups excluding tert-OH is 1. The Morgan fingerprint density at radius 3 is 2.44 bits per heavy atom. The maximum Gasteiger partial charge on any atom is 0.253 e. The maximum atomic E-state index is 12.0. The summed E-state index contributed by atoms with van der Waals surface area (Å²) < 4.78 is 16.7. The van der Waals surface area contributed by atoms with Crippen LogP contribution in [0.2, 0.25) is 8.67 Å². The number of hydrogen-bond donors (Lipinski definition) is 2. The van der Waals surface area contributed by atoms with E-state index in [1.807, 2.05) is 0 Å². The lowest BCUT2D eigenvalue weighted by Crippen LogP contribution is -2.35. The topological polar surface area (TPSA) is 77.0 Å². The number of hydrogen-bond acceptors (Lipinski definition) is 6. The number of methoxy groups -OCH3 is 2. The SMILES string of the molecule is COc1cccc(OC)c1OCC(O)CNC(=O)c1cc(Cl)sc1Cl. The van der Waals surface area contributed by atoms with Crippen LogP contribution >= 0.6 is 34.5 Å². The number of nitrogens with one attached hydrogen (secondary N) is 1. The number of rotatable bonds is 8. The van der Waals surface area contributed by atoms with Crippen LogP contribution in [0.15, 0.2) is 24.3 Å². The molecule has 136 valence electrons. The molecule has 1 aromatic carbocycles. The molecule has 1 atom stereocenters. The Bertz CT molecular complexity index is 715. The number of ether oxygens (including phenoxy) is 3. The van der Waals surface area contributed by atoms with E-state index in [0.717, 1.165) is 11.3 Å². The molecule has 0 aliphatic heterocycles. The molecular weight excluding hydrogens is 389 g/mol. The molecule has 0 saturated heterocycles. The minimum absolute atomic E-state index is 0.0138.